The molecular formula is C31H52N3O3+. The Hall–Kier alpha value is -0.950. The van der Waals surface area contributed by atoms with Crippen molar-refractivity contribution in [2.75, 3.05) is 39.3 Å². The van der Waals surface area contributed by atoms with Crippen LogP contribution in [0.3, 0.4) is 0 Å². The van der Waals surface area contributed by atoms with E-state index in [0.29, 0.717) is 17.8 Å². The van der Waals surface area contributed by atoms with Crippen LogP contribution in [0.1, 0.15) is 89.9 Å². The average molecular weight is 515 g/mol. The summed E-state index contributed by atoms with van der Waals surface area (Å²) in [4.78, 5) is 18.6. The van der Waals surface area contributed by atoms with E-state index < -0.39 is 0 Å². The Morgan fingerprint density at radius 1 is 0.838 bits per heavy atom. The zero-order chi connectivity index (χ0) is 25.2. The molecule has 0 aromatic heterocycles. The topological polar surface area (TPSA) is 69.6 Å². The van der Waals surface area contributed by atoms with Crippen LogP contribution in [0.15, 0.2) is 11.8 Å². The molecule has 3 N–H and O–H groups in total. The van der Waals surface area contributed by atoms with Gasteiger partial charge in [0, 0.05) is 45.1 Å². The minimum Gasteiger partial charge on any atom is -0.486 e. The van der Waals surface area contributed by atoms with Crippen LogP contribution in [-0.4, -0.2) is 78.3 Å². The van der Waals surface area contributed by atoms with Crippen LogP contribution in [0.5, 0.6) is 0 Å². The van der Waals surface area contributed by atoms with Gasteiger partial charge in [-0.15, -0.1) is 0 Å². The van der Waals surface area contributed by atoms with Crippen molar-refractivity contribution in [3.63, 3.8) is 0 Å². The number of ketones is 1. The van der Waals surface area contributed by atoms with E-state index in [2.05, 4.69) is 21.2 Å². The van der Waals surface area contributed by atoms with Gasteiger partial charge in [-0.2, -0.15) is 0 Å². The van der Waals surface area contributed by atoms with Gasteiger partial charge < -0.3 is 20.1 Å². The number of nitrogens with two attached hydrogens (primary N) is 1. The Kier molecular flexibility index (Phi) is 8.57. The van der Waals surface area contributed by atoms with Crippen LogP contribution in [0.2, 0.25) is 0 Å². The molecule has 0 aromatic carbocycles. The second-order valence-electron chi connectivity index (χ2n) is 13.4. The first-order chi connectivity index (χ1) is 18.2. The van der Waals surface area contributed by atoms with Gasteiger partial charge in [0.2, 0.25) is 5.78 Å². The normalized spacial score (nSPS) is 42.0. The second-order valence-corrected chi connectivity index (χ2v) is 13.4. The lowest BCUT2D eigenvalue weighted by Crippen LogP contribution is -2.95. The van der Waals surface area contributed by atoms with E-state index >= 15 is 0 Å². The fourth-order valence-electron chi connectivity index (χ4n) is 8.87. The third-order valence-electron chi connectivity index (χ3n) is 11.2. The van der Waals surface area contributed by atoms with E-state index in [9.17, 15) is 9.90 Å². The van der Waals surface area contributed by atoms with E-state index in [1.54, 1.807) is 0 Å². The van der Waals surface area contributed by atoms with Crippen molar-refractivity contribution in [3.8, 4) is 0 Å². The van der Waals surface area contributed by atoms with Crippen LogP contribution >= 0.6 is 0 Å². The highest BCUT2D eigenvalue weighted by molar-refractivity contribution is 5.97. The number of aliphatic hydroxyl groups is 1. The van der Waals surface area contributed by atoms with Gasteiger partial charge in [0.05, 0.1) is 18.6 Å². The highest BCUT2D eigenvalue weighted by atomic mass is 16.5. The zero-order valence-electron chi connectivity index (χ0n) is 23.1. The molecule has 0 radical (unpaired) electrons. The molecule has 0 spiro atoms. The molecule has 6 heteroatoms. The molecule has 5 unspecified atom stereocenters. The first-order valence-corrected chi connectivity index (χ1v) is 16.1. The number of hydrogen-bond donors (Lipinski definition) is 2. The summed E-state index contributed by atoms with van der Waals surface area (Å²) in [5, 5.41) is 13.5. The highest BCUT2D eigenvalue weighted by Crippen LogP contribution is 2.44. The summed E-state index contributed by atoms with van der Waals surface area (Å²) in [7, 11) is 0. The van der Waals surface area contributed by atoms with E-state index in [-0.39, 0.29) is 29.8 Å². The number of nitrogens with zero attached hydrogens (tertiary/aromatic N) is 2. The van der Waals surface area contributed by atoms with Gasteiger partial charge in [-0.05, 0) is 75.2 Å². The van der Waals surface area contributed by atoms with Crippen LogP contribution in [0, 0.1) is 29.6 Å². The molecule has 6 nitrogen and oxygen atoms in total. The number of ether oxygens (including phenoxy) is 1. The quantitative estimate of drug-likeness (QED) is 0.551. The number of piperidine rings is 1. The number of piperazine rings is 1. The van der Waals surface area contributed by atoms with Gasteiger partial charge in [0.15, 0.2) is 5.76 Å². The summed E-state index contributed by atoms with van der Waals surface area (Å²) in [5.74, 6) is 3.24. The zero-order valence-corrected chi connectivity index (χ0v) is 23.1. The number of carbonyl (C=O) groups is 1. The number of allylic oxidation sites excluding steroid dienone is 2. The van der Waals surface area contributed by atoms with Gasteiger partial charge in [-0.25, -0.2) is 0 Å². The summed E-state index contributed by atoms with van der Waals surface area (Å²) in [5.41, 5.74) is 0. The first-order valence-electron chi connectivity index (χ1n) is 16.1. The molecule has 0 aromatic rings. The summed E-state index contributed by atoms with van der Waals surface area (Å²) in [6.45, 7) is 6.49. The van der Waals surface area contributed by atoms with Crippen molar-refractivity contribution < 1.29 is 20.0 Å². The fraction of sp³-hybridized carbons (Fsp3) is 0.903. The minimum atomic E-state index is -0.357. The summed E-state index contributed by atoms with van der Waals surface area (Å²) >= 11 is 0. The van der Waals surface area contributed by atoms with Gasteiger partial charge in [0.1, 0.15) is 12.3 Å². The standard InChI is InChI=1S/C31H51N3O3/c35-27-14-13-25-30(36)28(20-22-9-11-24(12-10-22)23-6-2-1-3-7-23)37-31(25)26(27)21-33-16-18-34(19-17-33)29-8-4-5-15-32-29/h20,22-27,29,31-32,35H,1-19,21H2/p+1. The van der Waals surface area contributed by atoms with Crippen LogP contribution in [-0.2, 0) is 9.53 Å². The molecule has 3 saturated carbocycles. The molecule has 3 aliphatic heterocycles. The molecule has 6 rings (SSSR count). The predicted molar refractivity (Wildman–Crippen MR) is 145 cm³/mol. The Morgan fingerprint density at radius 3 is 2.30 bits per heavy atom. The molecule has 37 heavy (non-hydrogen) atoms. The Morgan fingerprint density at radius 2 is 1.57 bits per heavy atom. The maximum atomic E-state index is 13.4. The number of fused-ring (bicyclic) bond motifs is 1. The number of rotatable bonds is 5. The molecule has 208 valence electrons. The number of hydrogen-bond acceptors (Lipinski definition) is 5. The van der Waals surface area contributed by atoms with Gasteiger partial charge >= 0.3 is 0 Å². The van der Waals surface area contributed by atoms with Crippen LogP contribution in [0.4, 0.5) is 0 Å². The van der Waals surface area contributed by atoms with Gasteiger partial charge in [-0.1, -0.05) is 32.1 Å². The first kappa shape index (κ1) is 26.3. The Labute approximate surface area is 224 Å². The monoisotopic (exact) mass is 514 g/mol. The lowest BCUT2D eigenvalue weighted by Gasteiger charge is -2.42. The van der Waals surface area contributed by atoms with Crippen LogP contribution < -0.4 is 5.32 Å². The fourth-order valence-corrected chi connectivity index (χ4v) is 8.87. The lowest BCUT2D eigenvalue weighted by molar-refractivity contribution is -0.717. The number of quaternary nitrogens is 1. The van der Waals surface area contributed by atoms with Crippen molar-refractivity contribution in [2.24, 2.45) is 29.6 Å². The van der Waals surface area contributed by atoms with Crippen molar-refractivity contribution in [1.82, 2.24) is 9.80 Å². The molecule has 6 aliphatic rings. The summed E-state index contributed by atoms with van der Waals surface area (Å²) in [6, 6.07) is 0. The van der Waals surface area contributed by atoms with Gasteiger partial charge in [-0.3, -0.25) is 9.69 Å². The Bertz CT molecular complexity index is 790. The maximum absolute atomic E-state index is 13.4. The van der Waals surface area contributed by atoms with Crippen molar-refractivity contribution >= 4 is 5.78 Å². The molecule has 0 amide bonds. The third-order valence-corrected chi connectivity index (χ3v) is 11.2. The number of carbonyl (C=O) groups excluding carboxylic acids is 1. The SMILES string of the molecule is O=C1C(=CC2CCC(C3CCCCC3)CC2)OC2C1CCC(O)C2CN1CCN(C2CCCC[NH2+]2)CC1. The molecule has 0 bridgehead atoms. The van der Waals surface area contributed by atoms with Crippen molar-refractivity contribution in [1.29, 1.82) is 0 Å². The largest absolute Gasteiger partial charge is 0.486 e. The van der Waals surface area contributed by atoms with Crippen LogP contribution in [0.25, 0.3) is 0 Å². The second kappa shape index (κ2) is 12.1. The molecule has 5 atom stereocenters. The van der Waals surface area contributed by atoms with Crippen molar-refractivity contribution in [3.05, 3.63) is 11.8 Å². The molecule has 3 aliphatic carbocycles. The van der Waals surface area contributed by atoms with Crippen molar-refractivity contribution in [2.45, 2.75) is 108 Å². The lowest BCUT2D eigenvalue weighted by atomic mass is 9.71. The smallest absolute Gasteiger partial charge is 0.203 e. The predicted octanol–water partition coefficient (Wildman–Crippen LogP) is 3.30. The molecule has 6 fully saturated rings. The molecular weight excluding hydrogens is 462 g/mol. The Balaban J connectivity index is 1.03. The summed E-state index contributed by atoms with van der Waals surface area (Å²) in [6.07, 6.45) is 20.2. The average Bonchev–Trinajstić information content (AvgIpc) is 3.27. The van der Waals surface area contributed by atoms with E-state index in [4.69, 9.17) is 4.74 Å². The third kappa shape index (κ3) is 5.97. The van der Waals surface area contributed by atoms with Gasteiger partial charge in [0.25, 0.3) is 0 Å². The van der Waals surface area contributed by atoms with E-state index in [1.807, 2.05) is 0 Å². The number of aliphatic hydroxyl groups excluding tert-OH is 1. The van der Waals surface area contributed by atoms with E-state index in [0.717, 1.165) is 57.4 Å². The molecule has 3 heterocycles. The highest BCUT2D eigenvalue weighted by Gasteiger charge is 2.50. The van der Waals surface area contributed by atoms with E-state index in [1.165, 1.54) is 83.6 Å². The molecule has 3 saturated heterocycles. The summed E-state index contributed by atoms with van der Waals surface area (Å²) < 4.78 is 6.47. The number of Topliss-reactive ketones (excluding diaryl/α,β-unsaturated/α-hetero) is 1. The maximum Gasteiger partial charge on any atom is 0.203 e. The minimum absolute atomic E-state index is 0.0448.